The summed E-state index contributed by atoms with van der Waals surface area (Å²) in [5, 5.41) is 10.9. The maximum absolute atomic E-state index is 13.4. The van der Waals surface area contributed by atoms with E-state index in [2.05, 4.69) is 34.4 Å². The maximum atomic E-state index is 13.4. The second kappa shape index (κ2) is 9.28. The van der Waals surface area contributed by atoms with E-state index in [1.807, 2.05) is 13.0 Å². The van der Waals surface area contributed by atoms with E-state index in [0.717, 1.165) is 18.5 Å². The van der Waals surface area contributed by atoms with Crippen LogP contribution in [0.5, 0.6) is 0 Å². The van der Waals surface area contributed by atoms with Gasteiger partial charge in [-0.2, -0.15) is 0 Å². The molecule has 3 atom stereocenters. The van der Waals surface area contributed by atoms with Crippen molar-refractivity contribution >= 4 is 5.91 Å². The number of halogens is 1. The highest BCUT2D eigenvalue weighted by Crippen LogP contribution is 2.22. The van der Waals surface area contributed by atoms with Gasteiger partial charge in [0.05, 0.1) is 12.2 Å². The number of rotatable bonds is 7. The van der Waals surface area contributed by atoms with Gasteiger partial charge in [0.1, 0.15) is 5.82 Å². The Hall–Kier alpha value is -2.28. The van der Waals surface area contributed by atoms with Crippen molar-refractivity contribution in [1.82, 2.24) is 25.2 Å². The number of carbonyl (C=O) groups is 1. The number of nitrogens with one attached hydrogen (secondary N) is 1. The van der Waals surface area contributed by atoms with Gasteiger partial charge in [-0.05, 0) is 57.7 Å². The molecule has 0 aliphatic carbocycles. The van der Waals surface area contributed by atoms with Crippen LogP contribution >= 0.6 is 0 Å². The Morgan fingerprint density at radius 1 is 1.32 bits per heavy atom. The largest absolute Gasteiger partial charge is 0.351 e. The quantitative estimate of drug-likeness (QED) is 0.740. The number of carbonyl (C=O) groups excluding carboxylic acids is 1. The van der Waals surface area contributed by atoms with Gasteiger partial charge < -0.3 is 5.32 Å². The van der Waals surface area contributed by atoms with Crippen LogP contribution in [0.15, 0.2) is 30.5 Å². The number of benzene rings is 1. The molecule has 1 saturated heterocycles. The monoisotopic (exact) mass is 387 g/mol. The molecule has 1 fully saturated rings. The van der Waals surface area contributed by atoms with Crippen LogP contribution in [-0.2, 0) is 0 Å². The number of likely N-dealkylation sites (tertiary alicyclic amines) is 1. The van der Waals surface area contributed by atoms with Crippen LogP contribution in [0.2, 0.25) is 0 Å². The Kier molecular flexibility index (Phi) is 6.78. The first-order valence-corrected chi connectivity index (χ1v) is 10.2. The van der Waals surface area contributed by atoms with E-state index < -0.39 is 0 Å². The summed E-state index contributed by atoms with van der Waals surface area (Å²) >= 11 is 0. The van der Waals surface area contributed by atoms with E-state index in [1.54, 1.807) is 16.9 Å². The highest BCUT2D eigenvalue weighted by atomic mass is 19.1. The number of amides is 1. The lowest BCUT2D eigenvalue weighted by Crippen LogP contribution is -2.44. The number of aromatic nitrogens is 3. The van der Waals surface area contributed by atoms with Gasteiger partial charge in [-0.15, -0.1) is 5.10 Å². The first-order chi connectivity index (χ1) is 13.5. The average molecular weight is 388 g/mol. The molecule has 1 N–H and O–H groups in total. The lowest BCUT2D eigenvalue weighted by Gasteiger charge is -2.39. The predicted molar refractivity (Wildman–Crippen MR) is 107 cm³/mol. The normalized spacial score (nSPS) is 21.4. The molecule has 0 unspecified atom stereocenters. The van der Waals surface area contributed by atoms with Gasteiger partial charge in [0, 0.05) is 25.2 Å². The Labute approximate surface area is 166 Å². The van der Waals surface area contributed by atoms with Crippen molar-refractivity contribution in [2.24, 2.45) is 0 Å². The molecule has 1 aromatic heterocycles. The van der Waals surface area contributed by atoms with Crippen molar-refractivity contribution in [3.63, 3.8) is 0 Å². The van der Waals surface area contributed by atoms with Crippen molar-refractivity contribution in [3.8, 4) is 0 Å². The highest BCUT2D eigenvalue weighted by molar-refractivity contribution is 5.91. The molecule has 6 nitrogen and oxygen atoms in total. The van der Waals surface area contributed by atoms with E-state index in [1.165, 1.54) is 31.4 Å². The molecule has 0 radical (unpaired) electrons. The Bertz CT molecular complexity index is 783. The summed E-state index contributed by atoms with van der Waals surface area (Å²) in [6.45, 7) is 8.07. The zero-order valence-corrected chi connectivity index (χ0v) is 16.9. The number of piperidine rings is 1. The molecule has 152 valence electrons. The third-order valence-electron chi connectivity index (χ3n) is 5.73. The topological polar surface area (TPSA) is 63.1 Å². The van der Waals surface area contributed by atoms with Crippen LogP contribution in [0.3, 0.4) is 0 Å². The van der Waals surface area contributed by atoms with Gasteiger partial charge in [0.15, 0.2) is 5.69 Å². The molecule has 7 heteroatoms. The molecule has 0 saturated carbocycles. The fourth-order valence-corrected chi connectivity index (χ4v) is 3.96. The van der Waals surface area contributed by atoms with Crippen LogP contribution < -0.4 is 5.32 Å². The minimum absolute atomic E-state index is 0.202. The highest BCUT2D eigenvalue weighted by Gasteiger charge is 2.24. The van der Waals surface area contributed by atoms with Crippen LogP contribution in [0.1, 0.15) is 68.5 Å². The SMILES string of the molecule is C[C@@H]1CCC[C@@H](C)N1CCCNC(=O)c1cn([C@@H](C)c2cccc(F)c2)nn1. The Balaban J connectivity index is 1.49. The Morgan fingerprint density at radius 3 is 2.79 bits per heavy atom. The predicted octanol–water partition coefficient (Wildman–Crippen LogP) is 3.41. The van der Waals surface area contributed by atoms with Crippen molar-refractivity contribution < 1.29 is 9.18 Å². The molecule has 1 aliphatic rings. The van der Waals surface area contributed by atoms with Crippen LogP contribution in [0.25, 0.3) is 0 Å². The molecule has 1 aliphatic heterocycles. The number of nitrogens with zero attached hydrogens (tertiary/aromatic N) is 4. The number of hydrogen-bond donors (Lipinski definition) is 1. The van der Waals surface area contributed by atoms with E-state index in [0.29, 0.717) is 18.6 Å². The molecular formula is C21H30FN5O. The van der Waals surface area contributed by atoms with Gasteiger partial charge in [-0.3, -0.25) is 9.69 Å². The molecule has 0 spiro atoms. The summed E-state index contributed by atoms with van der Waals surface area (Å²) in [7, 11) is 0. The van der Waals surface area contributed by atoms with Gasteiger partial charge in [-0.1, -0.05) is 23.8 Å². The van der Waals surface area contributed by atoms with Crippen LogP contribution in [0.4, 0.5) is 4.39 Å². The summed E-state index contributed by atoms with van der Waals surface area (Å²) in [5.74, 6) is -0.516. The molecule has 1 amide bonds. The molecule has 3 rings (SSSR count). The van der Waals surface area contributed by atoms with E-state index in [-0.39, 0.29) is 23.5 Å². The molecule has 0 bridgehead atoms. The zero-order valence-electron chi connectivity index (χ0n) is 16.9. The van der Waals surface area contributed by atoms with Crippen molar-refractivity contribution in [3.05, 3.63) is 47.5 Å². The third-order valence-corrected chi connectivity index (χ3v) is 5.73. The minimum Gasteiger partial charge on any atom is -0.351 e. The summed E-state index contributed by atoms with van der Waals surface area (Å²) in [4.78, 5) is 14.9. The third kappa shape index (κ3) is 4.95. The van der Waals surface area contributed by atoms with Gasteiger partial charge in [-0.25, -0.2) is 9.07 Å². The average Bonchev–Trinajstić information content (AvgIpc) is 3.16. The molecule has 1 aromatic carbocycles. The van der Waals surface area contributed by atoms with Crippen molar-refractivity contribution in [2.45, 2.75) is 64.6 Å². The van der Waals surface area contributed by atoms with E-state index in [9.17, 15) is 9.18 Å². The second-order valence-corrected chi connectivity index (χ2v) is 7.79. The molecular weight excluding hydrogens is 357 g/mol. The number of hydrogen-bond acceptors (Lipinski definition) is 4. The van der Waals surface area contributed by atoms with Crippen molar-refractivity contribution in [1.29, 1.82) is 0 Å². The first kappa shape index (κ1) is 20.5. The molecule has 2 heterocycles. The minimum atomic E-state index is -0.292. The standard InChI is InChI=1S/C21H30FN5O/c1-15-7-4-8-16(2)26(15)12-6-11-23-21(28)20-14-27(25-24-20)17(3)18-9-5-10-19(22)13-18/h5,9-10,13-17H,4,6-8,11-12H2,1-3H3,(H,23,28)/t15-,16-,17+/m1/s1. The fourth-order valence-electron chi connectivity index (χ4n) is 3.96. The summed E-state index contributed by atoms with van der Waals surface area (Å²) < 4.78 is 15.0. The second-order valence-electron chi connectivity index (χ2n) is 7.79. The maximum Gasteiger partial charge on any atom is 0.273 e. The molecule has 28 heavy (non-hydrogen) atoms. The first-order valence-electron chi connectivity index (χ1n) is 10.2. The summed E-state index contributed by atoms with van der Waals surface area (Å²) in [5.41, 5.74) is 1.06. The lowest BCUT2D eigenvalue weighted by molar-refractivity contribution is 0.0921. The van der Waals surface area contributed by atoms with Crippen molar-refractivity contribution in [2.75, 3.05) is 13.1 Å². The zero-order chi connectivity index (χ0) is 20.1. The lowest BCUT2D eigenvalue weighted by atomic mass is 9.97. The van der Waals surface area contributed by atoms with Crippen LogP contribution in [0, 0.1) is 5.82 Å². The van der Waals surface area contributed by atoms with Gasteiger partial charge in [0.25, 0.3) is 5.91 Å². The van der Waals surface area contributed by atoms with E-state index >= 15 is 0 Å². The smallest absolute Gasteiger partial charge is 0.273 e. The molecule has 2 aromatic rings. The summed E-state index contributed by atoms with van der Waals surface area (Å²) in [6.07, 6.45) is 6.33. The van der Waals surface area contributed by atoms with Gasteiger partial charge in [0.2, 0.25) is 0 Å². The fraction of sp³-hybridized carbons (Fsp3) is 0.571. The van der Waals surface area contributed by atoms with E-state index in [4.69, 9.17) is 0 Å². The van der Waals surface area contributed by atoms with Crippen LogP contribution in [-0.4, -0.2) is 51.0 Å². The Morgan fingerprint density at radius 2 is 2.07 bits per heavy atom. The summed E-state index contributed by atoms with van der Waals surface area (Å²) in [6, 6.07) is 7.39. The van der Waals surface area contributed by atoms with Gasteiger partial charge >= 0.3 is 0 Å².